The van der Waals surface area contributed by atoms with E-state index in [-0.39, 0.29) is 0 Å². The second-order valence-electron chi connectivity index (χ2n) is 6.42. The van der Waals surface area contributed by atoms with E-state index in [2.05, 4.69) is 0 Å². The van der Waals surface area contributed by atoms with Crippen LogP contribution in [-0.2, 0) is 0 Å². The Morgan fingerprint density at radius 2 is 0.742 bits per heavy atom. The molecule has 0 spiro atoms. The topological polar surface area (TPSA) is 0 Å². The molecule has 0 nitrogen and oxygen atoms in total. The van der Waals surface area contributed by atoms with Gasteiger partial charge in [-0.3, -0.25) is 0 Å². The predicted octanol–water partition coefficient (Wildman–Crippen LogP) is 11.3. The van der Waals surface area contributed by atoms with Gasteiger partial charge >= 0.3 is 0 Å². The van der Waals surface area contributed by atoms with Crippen molar-refractivity contribution in [2.45, 2.75) is 0 Å². The third-order valence-electron chi connectivity index (χ3n) is 4.15. The average molecular weight is 550 g/mol. The molecule has 0 aliphatic carbocycles. The second-order valence-corrected chi connectivity index (χ2v) is 9.42. The maximum atomic E-state index is 6.09. The lowest BCUT2D eigenvalue weighted by molar-refractivity contribution is 1.61. The molecule has 4 aromatic carbocycles. The number of benzene rings is 4. The summed E-state index contributed by atoms with van der Waals surface area (Å²) < 4.78 is 0. The highest BCUT2D eigenvalue weighted by molar-refractivity contribution is 6.39. The molecule has 0 radical (unpaired) electrons. The van der Waals surface area contributed by atoms with Crippen LogP contribution in [0.1, 0.15) is 0 Å². The molecule has 158 valence electrons. The zero-order valence-electron chi connectivity index (χ0n) is 15.7. The lowest BCUT2D eigenvalue weighted by atomic mass is 10.1. The molecule has 0 unspecified atom stereocenters. The Kier molecular flexibility index (Phi) is 8.84. The normalized spacial score (nSPS) is 10.4. The molecule has 0 N–H and O–H groups in total. The van der Waals surface area contributed by atoms with Crippen LogP contribution in [-0.4, -0.2) is 0 Å². The molecule has 0 aromatic heterocycles. The lowest BCUT2D eigenvalue weighted by Crippen LogP contribution is -1.80. The van der Waals surface area contributed by atoms with Gasteiger partial charge in [-0.1, -0.05) is 99.4 Å². The van der Waals surface area contributed by atoms with E-state index in [4.69, 9.17) is 81.2 Å². The minimum atomic E-state index is 0.582. The van der Waals surface area contributed by atoms with Crippen molar-refractivity contribution in [2.75, 3.05) is 0 Å². The second kappa shape index (κ2) is 11.2. The first kappa shape index (κ1) is 24.6. The van der Waals surface area contributed by atoms with E-state index in [0.29, 0.717) is 35.2 Å². The van der Waals surface area contributed by atoms with Gasteiger partial charge in [0.2, 0.25) is 0 Å². The Hall–Kier alpha value is -1.09. The van der Waals surface area contributed by atoms with E-state index in [1.54, 1.807) is 12.1 Å². The summed E-state index contributed by atoms with van der Waals surface area (Å²) in [6.45, 7) is 0. The number of hydrogen-bond donors (Lipinski definition) is 0. The van der Waals surface area contributed by atoms with Gasteiger partial charge in [0, 0.05) is 40.7 Å². The monoisotopic (exact) mass is 546 g/mol. The first-order valence-corrected chi connectivity index (χ1v) is 11.5. The molecule has 0 heterocycles. The summed E-state index contributed by atoms with van der Waals surface area (Å²) in [5, 5.41) is 4.31. The maximum absolute atomic E-state index is 6.09. The molecular weight excluding hydrogens is 536 g/mol. The van der Waals surface area contributed by atoms with Crippen molar-refractivity contribution >= 4 is 81.2 Å². The van der Waals surface area contributed by atoms with Crippen LogP contribution in [0.4, 0.5) is 0 Å². The summed E-state index contributed by atoms with van der Waals surface area (Å²) in [6.07, 6.45) is 0. The summed E-state index contributed by atoms with van der Waals surface area (Å²) >= 11 is 41.7. The largest absolute Gasteiger partial charge is 0.0843 e. The highest BCUT2D eigenvalue weighted by Gasteiger charge is 2.07. The minimum Gasteiger partial charge on any atom is -0.0843 e. The van der Waals surface area contributed by atoms with E-state index in [9.17, 15) is 0 Å². The third kappa shape index (κ3) is 6.94. The van der Waals surface area contributed by atoms with E-state index >= 15 is 0 Å². The summed E-state index contributed by atoms with van der Waals surface area (Å²) in [7, 11) is 0. The fourth-order valence-corrected chi connectivity index (χ4v) is 4.62. The highest BCUT2D eigenvalue weighted by atomic mass is 35.5. The molecule has 0 aliphatic rings. The van der Waals surface area contributed by atoms with Gasteiger partial charge in [-0.2, -0.15) is 0 Å². The average Bonchev–Trinajstić information content (AvgIpc) is 2.68. The molecule has 4 rings (SSSR count). The van der Waals surface area contributed by atoms with Crippen LogP contribution in [0.2, 0.25) is 35.2 Å². The quantitative estimate of drug-likeness (QED) is 0.233. The Morgan fingerprint density at radius 3 is 1.13 bits per heavy atom. The molecule has 0 aliphatic heterocycles. The number of rotatable bonds is 2. The first-order chi connectivity index (χ1) is 14.7. The molecule has 7 heteroatoms. The predicted molar refractivity (Wildman–Crippen MR) is 139 cm³/mol. The lowest BCUT2D eigenvalue weighted by Gasteiger charge is -2.06. The van der Waals surface area contributed by atoms with Crippen LogP contribution in [0.15, 0.2) is 78.9 Å². The summed E-state index contributed by atoms with van der Waals surface area (Å²) in [6, 6.07) is 23.5. The molecule has 31 heavy (non-hydrogen) atoms. The SMILES string of the molecule is Clc1cc(Cl)cc(-c2cc(Cl)cc(Cl)c2)c1.Clc1ccc(-c2c(Cl)cccc2Cl)cc1. The van der Waals surface area contributed by atoms with Crippen molar-refractivity contribution in [3.63, 3.8) is 0 Å². The van der Waals surface area contributed by atoms with Gasteiger partial charge in [-0.15, -0.1) is 0 Å². The van der Waals surface area contributed by atoms with Crippen LogP contribution in [0.5, 0.6) is 0 Å². The smallest absolute Gasteiger partial charge is 0.0499 e. The fourth-order valence-electron chi connectivity index (χ4n) is 2.83. The van der Waals surface area contributed by atoms with Gasteiger partial charge in [0.1, 0.15) is 0 Å². The van der Waals surface area contributed by atoms with Crippen LogP contribution in [0.25, 0.3) is 22.3 Å². The van der Waals surface area contributed by atoms with Gasteiger partial charge in [-0.05, 0) is 77.4 Å². The van der Waals surface area contributed by atoms with Crippen LogP contribution < -0.4 is 0 Å². The molecule has 0 amide bonds. The first-order valence-electron chi connectivity index (χ1n) is 8.85. The Balaban J connectivity index is 0.000000176. The van der Waals surface area contributed by atoms with E-state index in [1.165, 1.54) is 0 Å². The third-order valence-corrected chi connectivity index (χ3v) is 5.91. The summed E-state index contributed by atoms with van der Waals surface area (Å²) in [5.41, 5.74) is 3.59. The van der Waals surface area contributed by atoms with Crippen molar-refractivity contribution in [3.8, 4) is 22.3 Å². The van der Waals surface area contributed by atoms with E-state index < -0.39 is 0 Å². The van der Waals surface area contributed by atoms with Gasteiger partial charge < -0.3 is 0 Å². The van der Waals surface area contributed by atoms with Gasteiger partial charge in [0.25, 0.3) is 0 Å². The number of halogens is 7. The molecule has 0 saturated carbocycles. The zero-order valence-corrected chi connectivity index (χ0v) is 20.9. The van der Waals surface area contributed by atoms with Gasteiger partial charge in [-0.25, -0.2) is 0 Å². The zero-order chi connectivity index (χ0) is 22.5. The van der Waals surface area contributed by atoms with Crippen LogP contribution >= 0.6 is 81.2 Å². The van der Waals surface area contributed by atoms with Gasteiger partial charge in [0.05, 0.1) is 0 Å². The van der Waals surface area contributed by atoms with Crippen LogP contribution in [0, 0.1) is 0 Å². The molecule has 4 aromatic rings. The molecule has 0 atom stereocenters. The maximum Gasteiger partial charge on any atom is 0.0499 e. The van der Waals surface area contributed by atoms with Gasteiger partial charge in [0.15, 0.2) is 0 Å². The van der Waals surface area contributed by atoms with Crippen LogP contribution in [0.3, 0.4) is 0 Å². The molecule has 0 bridgehead atoms. The highest BCUT2D eigenvalue weighted by Crippen LogP contribution is 2.35. The molecular formula is C24H13Cl7. The number of hydrogen-bond acceptors (Lipinski definition) is 0. The van der Waals surface area contributed by atoms with Crippen molar-refractivity contribution < 1.29 is 0 Å². The van der Waals surface area contributed by atoms with Crippen molar-refractivity contribution in [1.29, 1.82) is 0 Å². The summed E-state index contributed by atoms with van der Waals surface area (Å²) in [5.74, 6) is 0. The summed E-state index contributed by atoms with van der Waals surface area (Å²) in [4.78, 5) is 0. The molecule has 0 fully saturated rings. The van der Waals surface area contributed by atoms with Crippen molar-refractivity contribution in [1.82, 2.24) is 0 Å². The Morgan fingerprint density at radius 1 is 0.355 bits per heavy atom. The standard InChI is InChI=1S/C12H6Cl4.C12H7Cl3/c13-9-1-7(2-10(14)5-9)8-3-11(15)6-12(16)4-8;13-9-6-4-8(5-7-9)12-10(14)2-1-3-11(12)15/h1-6H;1-7H. The van der Waals surface area contributed by atoms with Crippen molar-refractivity contribution in [2.24, 2.45) is 0 Å². The Bertz CT molecular complexity index is 1090. The minimum absolute atomic E-state index is 0.582. The fraction of sp³-hybridized carbons (Fsp3) is 0. The van der Waals surface area contributed by atoms with E-state index in [1.807, 2.05) is 66.7 Å². The van der Waals surface area contributed by atoms with Crippen molar-refractivity contribution in [3.05, 3.63) is 114 Å². The van der Waals surface area contributed by atoms with E-state index in [0.717, 1.165) is 22.3 Å². The molecule has 0 saturated heterocycles. The Labute approximate surface area is 216 Å².